The molecule has 0 amide bonds. The van der Waals surface area contributed by atoms with Gasteiger partial charge in [0.05, 0.1) is 6.67 Å². The molecular formula is C29H29F2NO3. The second-order valence-electron chi connectivity index (χ2n) is 9.25. The molecule has 0 unspecified atom stereocenters. The van der Waals surface area contributed by atoms with Crippen LogP contribution in [0.1, 0.15) is 36.1 Å². The van der Waals surface area contributed by atoms with Gasteiger partial charge in [-0.15, -0.1) is 0 Å². The number of aromatic hydroxyl groups is 1. The minimum atomic E-state index is -0.395. The third kappa shape index (κ3) is 5.03. The molecule has 3 aromatic rings. The molecule has 1 saturated heterocycles. The van der Waals surface area contributed by atoms with Crippen molar-refractivity contribution in [1.29, 1.82) is 0 Å². The van der Waals surface area contributed by atoms with Crippen LogP contribution >= 0.6 is 0 Å². The van der Waals surface area contributed by atoms with E-state index < -0.39 is 6.10 Å². The Kier molecular flexibility index (Phi) is 6.73. The van der Waals surface area contributed by atoms with E-state index in [1.165, 1.54) is 12.1 Å². The Hall–Kier alpha value is -3.38. The summed E-state index contributed by atoms with van der Waals surface area (Å²) in [6.07, 6.45) is 0.521. The predicted molar refractivity (Wildman–Crippen MR) is 133 cm³/mol. The number of phenols is 1. The molecule has 2 aliphatic heterocycles. The molecule has 2 heterocycles. The summed E-state index contributed by atoms with van der Waals surface area (Å²) in [4.78, 5) is 2.24. The van der Waals surface area contributed by atoms with Gasteiger partial charge in [-0.2, -0.15) is 0 Å². The summed E-state index contributed by atoms with van der Waals surface area (Å²) in [7, 11) is 0. The summed E-state index contributed by atoms with van der Waals surface area (Å²) in [6, 6.07) is 19.3. The van der Waals surface area contributed by atoms with Gasteiger partial charge >= 0.3 is 0 Å². The quantitative estimate of drug-likeness (QED) is 0.436. The van der Waals surface area contributed by atoms with Crippen LogP contribution in [0.2, 0.25) is 0 Å². The van der Waals surface area contributed by atoms with E-state index in [-0.39, 0.29) is 24.2 Å². The van der Waals surface area contributed by atoms with E-state index in [0.29, 0.717) is 12.4 Å². The number of rotatable bonds is 7. The van der Waals surface area contributed by atoms with E-state index in [1.807, 2.05) is 31.2 Å². The monoisotopic (exact) mass is 477 g/mol. The van der Waals surface area contributed by atoms with Crippen LogP contribution in [0, 0.1) is 11.7 Å². The van der Waals surface area contributed by atoms with Crippen molar-refractivity contribution in [2.24, 2.45) is 5.92 Å². The predicted octanol–water partition coefficient (Wildman–Crippen LogP) is 6.27. The van der Waals surface area contributed by atoms with E-state index >= 15 is 0 Å². The number of nitrogens with zero attached hydrogens (tertiary/aromatic N) is 1. The summed E-state index contributed by atoms with van der Waals surface area (Å²) in [5.74, 6) is 1.48. The molecule has 3 aromatic carbocycles. The third-order valence-corrected chi connectivity index (χ3v) is 6.88. The fraction of sp³-hybridized carbons (Fsp3) is 0.310. The van der Waals surface area contributed by atoms with Gasteiger partial charge in [-0.1, -0.05) is 24.3 Å². The molecule has 1 fully saturated rings. The van der Waals surface area contributed by atoms with Crippen LogP contribution in [0.5, 0.6) is 17.2 Å². The van der Waals surface area contributed by atoms with Crippen LogP contribution < -0.4 is 9.47 Å². The highest BCUT2D eigenvalue weighted by molar-refractivity contribution is 5.95. The number of ether oxygens (including phenoxy) is 2. The number of benzene rings is 3. The minimum Gasteiger partial charge on any atom is -0.508 e. The molecule has 2 atom stereocenters. The molecule has 1 N–H and O–H groups in total. The highest BCUT2D eigenvalue weighted by atomic mass is 19.1. The molecule has 0 aromatic heterocycles. The average Bonchev–Trinajstić information content (AvgIpc) is 3.34. The summed E-state index contributed by atoms with van der Waals surface area (Å²) in [5, 5.41) is 10.0. The minimum absolute atomic E-state index is 0.158. The topological polar surface area (TPSA) is 41.9 Å². The lowest BCUT2D eigenvalue weighted by Crippen LogP contribution is -2.26. The number of alkyl halides is 1. The van der Waals surface area contributed by atoms with Crippen molar-refractivity contribution in [3.63, 3.8) is 0 Å². The van der Waals surface area contributed by atoms with Crippen LogP contribution in [0.4, 0.5) is 8.78 Å². The van der Waals surface area contributed by atoms with Crippen molar-refractivity contribution in [2.75, 3.05) is 32.9 Å². The smallest absolute Gasteiger partial charge is 0.150 e. The number of allylic oxidation sites excluding steroid dienone is 1. The number of halogens is 2. The van der Waals surface area contributed by atoms with Crippen LogP contribution in [-0.4, -0.2) is 42.9 Å². The van der Waals surface area contributed by atoms with Crippen LogP contribution in [0.25, 0.3) is 11.1 Å². The van der Waals surface area contributed by atoms with Gasteiger partial charge in [-0.05, 0) is 79.1 Å². The number of hydrogen-bond acceptors (Lipinski definition) is 4. The molecule has 4 nitrogen and oxygen atoms in total. The van der Waals surface area contributed by atoms with E-state index in [2.05, 4.69) is 4.90 Å². The first-order chi connectivity index (χ1) is 17.0. The van der Waals surface area contributed by atoms with Gasteiger partial charge in [0.1, 0.15) is 35.8 Å². The second kappa shape index (κ2) is 10.1. The molecule has 0 saturated carbocycles. The number of hydrogen-bond donors (Lipinski definition) is 1. The molecule has 182 valence electrons. The van der Waals surface area contributed by atoms with Crippen molar-refractivity contribution in [1.82, 2.24) is 4.90 Å². The summed E-state index contributed by atoms with van der Waals surface area (Å²) >= 11 is 0. The van der Waals surface area contributed by atoms with Crippen molar-refractivity contribution in [3.05, 3.63) is 89.2 Å². The lowest BCUT2D eigenvalue weighted by molar-refractivity contribution is 0.228. The molecule has 0 aliphatic carbocycles. The SMILES string of the molecule is CC1=C(c2ccc(F)cc2)[C@@H](c2ccc(OCCN3CC[C@@H](CF)C3)cc2)Oc2ccc(O)cc21. The highest BCUT2D eigenvalue weighted by Crippen LogP contribution is 2.47. The van der Waals surface area contributed by atoms with Gasteiger partial charge in [0.15, 0.2) is 0 Å². The van der Waals surface area contributed by atoms with Crippen molar-refractivity contribution < 1.29 is 23.4 Å². The molecule has 5 rings (SSSR count). The number of likely N-dealkylation sites (tertiary alicyclic amines) is 1. The van der Waals surface area contributed by atoms with E-state index in [0.717, 1.165) is 59.6 Å². The summed E-state index contributed by atoms with van der Waals surface area (Å²) in [5.41, 5.74) is 4.52. The number of phenolic OH excluding ortho intramolecular Hbond substituents is 1. The largest absolute Gasteiger partial charge is 0.508 e. The lowest BCUT2D eigenvalue weighted by Gasteiger charge is -2.31. The van der Waals surface area contributed by atoms with Gasteiger partial charge in [0.2, 0.25) is 0 Å². The van der Waals surface area contributed by atoms with E-state index in [9.17, 15) is 13.9 Å². The highest BCUT2D eigenvalue weighted by Gasteiger charge is 2.29. The Balaban J connectivity index is 1.36. The summed E-state index contributed by atoms with van der Waals surface area (Å²) in [6.45, 7) is 4.80. The standard InChI is InChI=1S/C29H29F2NO3/c1-19-26-16-24(33)8-11-27(26)35-29(28(19)21-2-6-23(31)7-3-21)22-4-9-25(10-5-22)34-15-14-32-13-12-20(17-30)18-32/h2-11,16,20,29,33H,12-15,17-18H2,1H3/t20-,29+/m0/s1. The molecule has 2 aliphatic rings. The molecule has 0 spiro atoms. The Morgan fingerprint density at radius 2 is 1.83 bits per heavy atom. The maximum Gasteiger partial charge on any atom is 0.150 e. The molecule has 0 bridgehead atoms. The Morgan fingerprint density at radius 1 is 1.06 bits per heavy atom. The van der Waals surface area contributed by atoms with Gasteiger partial charge in [0.25, 0.3) is 0 Å². The molecule has 35 heavy (non-hydrogen) atoms. The lowest BCUT2D eigenvalue weighted by atomic mass is 9.86. The maximum absolute atomic E-state index is 13.6. The van der Waals surface area contributed by atoms with E-state index in [4.69, 9.17) is 9.47 Å². The number of fused-ring (bicyclic) bond motifs is 1. The van der Waals surface area contributed by atoms with Crippen molar-refractivity contribution in [3.8, 4) is 17.2 Å². The Bertz CT molecular complexity index is 1210. The van der Waals surface area contributed by atoms with Crippen LogP contribution in [0.3, 0.4) is 0 Å². The first-order valence-electron chi connectivity index (χ1n) is 12.0. The molecule has 0 radical (unpaired) electrons. The summed E-state index contributed by atoms with van der Waals surface area (Å²) < 4.78 is 38.8. The zero-order valence-electron chi connectivity index (χ0n) is 19.7. The fourth-order valence-corrected chi connectivity index (χ4v) is 4.95. The van der Waals surface area contributed by atoms with Gasteiger partial charge < -0.3 is 14.6 Å². The average molecular weight is 478 g/mol. The zero-order valence-corrected chi connectivity index (χ0v) is 19.7. The zero-order chi connectivity index (χ0) is 24.4. The molecule has 6 heteroatoms. The van der Waals surface area contributed by atoms with Crippen molar-refractivity contribution in [2.45, 2.75) is 19.4 Å². The first kappa shape index (κ1) is 23.4. The van der Waals surface area contributed by atoms with Crippen LogP contribution in [-0.2, 0) is 0 Å². The Labute approximate surface area is 204 Å². The maximum atomic E-state index is 13.6. The third-order valence-electron chi connectivity index (χ3n) is 6.88. The van der Waals surface area contributed by atoms with Gasteiger partial charge in [-0.3, -0.25) is 9.29 Å². The van der Waals surface area contributed by atoms with Gasteiger partial charge in [0, 0.05) is 30.1 Å². The second-order valence-corrected chi connectivity index (χ2v) is 9.25. The van der Waals surface area contributed by atoms with E-state index in [1.54, 1.807) is 30.3 Å². The van der Waals surface area contributed by atoms with Crippen molar-refractivity contribution >= 4 is 11.1 Å². The van der Waals surface area contributed by atoms with Gasteiger partial charge in [-0.25, -0.2) is 4.39 Å². The molecular weight excluding hydrogens is 448 g/mol. The van der Waals surface area contributed by atoms with Crippen LogP contribution in [0.15, 0.2) is 66.7 Å². The fourth-order valence-electron chi connectivity index (χ4n) is 4.95. The Morgan fingerprint density at radius 3 is 2.54 bits per heavy atom. The first-order valence-corrected chi connectivity index (χ1v) is 12.0. The normalized spacial score (nSPS) is 20.0.